The average molecular weight is 221 g/mol. The van der Waals surface area contributed by atoms with E-state index in [-0.39, 0.29) is 0 Å². The molecule has 1 atom stereocenters. The molecule has 0 radical (unpaired) electrons. The van der Waals surface area contributed by atoms with Crippen LogP contribution in [0.5, 0.6) is 0 Å². The lowest BCUT2D eigenvalue weighted by molar-refractivity contribution is 0.199. The summed E-state index contributed by atoms with van der Waals surface area (Å²) in [7, 11) is 0. The third-order valence-electron chi connectivity index (χ3n) is 2.97. The Hall–Kier alpha value is -1.13. The van der Waals surface area contributed by atoms with Crippen molar-refractivity contribution in [2.75, 3.05) is 31.1 Å². The Balaban J connectivity index is 2.21. The molecule has 0 spiro atoms. The van der Waals surface area contributed by atoms with Gasteiger partial charge in [0.15, 0.2) is 0 Å². The van der Waals surface area contributed by atoms with Gasteiger partial charge in [0.2, 0.25) is 0 Å². The fourth-order valence-electron chi connectivity index (χ4n) is 2.03. The van der Waals surface area contributed by atoms with Gasteiger partial charge in [-0.15, -0.1) is 0 Å². The maximum absolute atomic E-state index is 9.49. The smallest absolute Gasteiger partial charge is 0.131 e. The largest absolute Gasteiger partial charge is 0.389 e. The number of aliphatic hydroxyl groups is 1. The third-order valence-corrected chi connectivity index (χ3v) is 2.97. The minimum absolute atomic E-state index is 0.441. The topological polar surface area (TPSA) is 48.4 Å². The summed E-state index contributed by atoms with van der Waals surface area (Å²) < 4.78 is 0. The molecular formula is C12H19N3O. The van der Waals surface area contributed by atoms with Crippen LogP contribution in [0.4, 0.5) is 5.82 Å². The first kappa shape index (κ1) is 11.4. The second kappa shape index (κ2) is 4.80. The van der Waals surface area contributed by atoms with E-state index in [0.717, 1.165) is 43.1 Å². The molecule has 1 saturated heterocycles. The number of hydrogen-bond donors (Lipinski definition) is 2. The number of aryl methyl sites for hydroxylation is 1. The summed E-state index contributed by atoms with van der Waals surface area (Å²) in [4.78, 5) is 6.75. The normalized spacial score (nSPS) is 18.6. The highest BCUT2D eigenvalue weighted by Crippen LogP contribution is 2.21. The Kier molecular flexibility index (Phi) is 3.41. The van der Waals surface area contributed by atoms with E-state index in [0.29, 0.717) is 0 Å². The summed E-state index contributed by atoms with van der Waals surface area (Å²) in [5, 5.41) is 12.8. The zero-order chi connectivity index (χ0) is 11.5. The monoisotopic (exact) mass is 221 g/mol. The SMILES string of the molecule is Cc1cc([C@H](C)O)cnc1N1CCNCC1. The molecule has 2 N–H and O–H groups in total. The average Bonchev–Trinajstić information content (AvgIpc) is 2.30. The summed E-state index contributed by atoms with van der Waals surface area (Å²) in [6, 6.07) is 2.02. The lowest BCUT2D eigenvalue weighted by Crippen LogP contribution is -2.44. The molecular weight excluding hydrogens is 202 g/mol. The summed E-state index contributed by atoms with van der Waals surface area (Å²) in [6.07, 6.45) is 1.33. The molecule has 1 fully saturated rings. The molecule has 0 bridgehead atoms. The Morgan fingerprint density at radius 1 is 1.44 bits per heavy atom. The van der Waals surface area contributed by atoms with E-state index in [2.05, 4.69) is 22.1 Å². The van der Waals surface area contributed by atoms with Gasteiger partial charge in [0, 0.05) is 32.4 Å². The molecule has 2 rings (SSSR count). The first-order valence-electron chi connectivity index (χ1n) is 5.79. The highest BCUT2D eigenvalue weighted by molar-refractivity contribution is 5.48. The van der Waals surface area contributed by atoms with Crippen LogP contribution in [0.3, 0.4) is 0 Å². The van der Waals surface area contributed by atoms with Crippen molar-refractivity contribution < 1.29 is 5.11 Å². The standard InChI is InChI=1S/C12H19N3O/c1-9-7-11(10(2)16)8-14-12(9)15-5-3-13-4-6-15/h7-8,10,13,16H,3-6H2,1-2H3/t10-/m0/s1. The van der Waals surface area contributed by atoms with Crippen molar-refractivity contribution >= 4 is 5.82 Å². The predicted molar refractivity (Wildman–Crippen MR) is 64.7 cm³/mol. The summed E-state index contributed by atoms with van der Waals surface area (Å²) in [5.41, 5.74) is 2.02. The zero-order valence-electron chi connectivity index (χ0n) is 9.90. The van der Waals surface area contributed by atoms with Crippen LogP contribution >= 0.6 is 0 Å². The van der Waals surface area contributed by atoms with Crippen molar-refractivity contribution in [2.24, 2.45) is 0 Å². The van der Waals surface area contributed by atoms with E-state index >= 15 is 0 Å². The number of piperazine rings is 1. The molecule has 0 saturated carbocycles. The van der Waals surface area contributed by atoms with Gasteiger partial charge in [-0.1, -0.05) is 0 Å². The lowest BCUT2D eigenvalue weighted by Gasteiger charge is -2.29. The van der Waals surface area contributed by atoms with Crippen LogP contribution in [0.25, 0.3) is 0 Å². The molecule has 1 aromatic rings. The highest BCUT2D eigenvalue weighted by Gasteiger charge is 2.14. The van der Waals surface area contributed by atoms with Crippen molar-refractivity contribution in [3.05, 3.63) is 23.4 Å². The number of rotatable bonds is 2. The zero-order valence-corrected chi connectivity index (χ0v) is 9.90. The van der Waals surface area contributed by atoms with Crippen LogP contribution in [-0.4, -0.2) is 36.3 Å². The van der Waals surface area contributed by atoms with E-state index in [1.165, 1.54) is 0 Å². The van der Waals surface area contributed by atoms with Crippen molar-refractivity contribution in [1.82, 2.24) is 10.3 Å². The highest BCUT2D eigenvalue weighted by atomic mass is 16.3. The van der Waals surface area contributed by atoms with Gasteiger partial charge in [0.1, 0.15) is 5.82 Å². The van der Waals surface area contributed by atoms with Crippen LogP contribution in [0, 0.1) is 6.92 Å². The quantitative estimate of drug-likeness (QED) is 0.777. The Morgan fingerprint density at radius 2 is 2.12 bits per heavy atom. The predicted octanol–water partition coefficient (Wildman–Crippen LogP) is 0.853. The molecule has 0 aliphatic carbocycles. The van der Waals surface area contributed by atoms with Gasteiger partial charge in [-0.05, 0) is 31.0 Å². The second-order valence-electron chi connectivity index (χ2n) is 4.32. The van der Waals surface area contributed by atoms with Crippen LogP contribution in [-0.2, 0) is 0 Å². The fraction of sp³-hybridized carbons (Fsp3) is 0.583. The minimum Gasteiger partial charge on any atom is -0.389 e. The molecule has 1 aliphatic heterocycles. The molecule has 16 heavy (non-hydrogen) atoms. The van der Waals surface area contributed by atoms with Crippen LogP contribution in [0.2, 0.25) is 0 Å². The van der Waals surface area contributed by atoms with E-state index < -0.39 is 6.10 Å². The molecule has 0 unspecified atom stereocenters. The van der Waals surface area contributed by atoms with E-state index in [9.17, 15) is 5.11 Å². The van der Waals surface area contributed by atoms with Gasteiger partial charge in [0.25, 0.3) is 0 Å². The third kappa shape index (κ3) is 2.33. The Labute approximate surface area is 96.3 Å². The second-order valence-corrected chi connectivity index (χ2v) is 4.32. The number of aliphatic hydroxyl groups excluding tert-OH is 1. The summed E-state index contributed by atoms with van der Waals surface area (Å²) in [5.74, 6) is 1.05. The molecule has 2 heterocycles. The number of pyridine rings is 1. The van der Waals surface area contributed by atoms with Gasteiger partial charge in [-0.25, -0.2) is 4.98 Å². The number of anilines is 1. The van der Waals surface area contributed by atoms with Crippen molar-refractivity contribution in [1.29, 1.82) is 0 Å². The maximum atomic E-state index is 9.49. The van der Waals surface area contributed by atoms with Gasteiger partial charge in [-0.2, -0.15) is 0 Å². The molecule has 4 nitrogen and oxygen atoms in total. The first-order valence-corrected chi connectivity index (χ1v) is 5.79. The molecule has 1 aromatic heterocycles. The van der Waals surface area contributed by atoms with Crippen LogP contribution in [0.1, 0.15) is 24.2 Å². The number of nitrogens with zero attached hydrogens (tertiary/aromatic N) is 2. The van der Waals surface area contributed by atoms with Crippen molar-refractivity contribution in [3.8, 4) is 0 Å². The van der Waals surface area contributed by atoms with Crippen LogP contribution < -0.4 is 10.2 Å². The van der Waals surface area contributed by atoms with Gasteiger partial charge < -0.3 is 15.3 Å². The summed E-state index contributed by atoms with van der Waals surface area (Å²) in [6.45, 7) is 7.85. The number of nitrogens with one attached hydrogen (secondary N) is 1. The van der Waals surface area contributed by atoms with Gasteiger partial charge in [0.05, 0.1) is 6.10 Å². The van der Waals surface area contributed by atoms with E-state index in [4.69, 9.17) is 0 Å². The first-order chi connectivity index (χ1) is 7.68. The summed E-state index contributed by atoms with van der Waals surface area (Å²) >= 11 is 0. The van der Waals surface area contributed by atoms with Gasteiger partial charge in [-0.3, -0.25) is 0 Å². The minimum atomic E-state index is -0.441. The molecule has 0 amide bonds. The van der Waals surface area contributed by atoms with Crippen molar-refractivity contribution in [3.63, 3.8) is 0 Å². The van der Waals surface area contributed by atoms with Crippen molar-refractivity contribution in [2.45, 2.75) is 20.0 Å². The van der Waals surface area contributed by atoms with E-state index in [1.54, 1.807) is 13.1 Å². The Morgan fingerprint density at radius 3 is 2.69 bits per heavy atom. The molecule has 1 aliphatic rings. The Bertz CT molecular complexity index is 359. The van der Waals surface area contributed by atoms with Crippen LogP contribution in [0.15, 0.2) is 12.3 Å². The van der Waals surface area contributed by atoms with Gasteiger partial charge >= 0.3 is 0 Å². The number of hydrogen-bond acceptors (Lipinski definition) is 4. The number of aromatic nitrogens is 1. The lowest BCUT2D eigenvalue weighted by atomic mass is 10.1. The fourth-order valence-corrected chi connectivity index (χ4v) is 2.03. The maximum Gasteiger partial charge on any atom is 0.131 e. The van der Waals surface area contributed by atoms with E-state index in [1.807, 2.05) is 6.07 Å². The molecule has 88 valence electrons. The molecule has 4 heteroatoms. The molecule has 0 aromatic carbocycles.